The molecule has 5 nitrogen and oxygen atoms in total. The van der Waals surface area contributed by atoms with Gasteiger partial charge >= 0.3 is 5.97 Å². The average molecular weight is 517 g/mol. The van der Waals surface area contributed by atoms with Gasteiger partial charge in [0.2, 0.25) is 0 Å². The molecule has 1 amide bonds. The molecule has 1 aliphatic heterocycles. The smallest absolute Gasteiger partial charge is 0.315 e. The molecule has 2 aliphatic rings. The molecule has 1 atom stereocenters. The third-order valence-electron chi connectivity index (χ3n) is 5.77. The Morgan fingerprint density at radius 1 is 1.06 bits per heavy atom. The molecule has 0 aromatic heterocycles. The summed E-state index contributed by atoms with van der Waals surface area (Å²) in [4.78, 5) is 25.0. The molecule has 0 spiro atoms. The second-order valence-corrected chi connectivity index (χ2v) is 9.96. The number of carbonyl (C=O) groups is 2. The highest BCUT2D eigenvalue weighted by atomic mass is 35.5. The zero-order valence-corrected chi connectivity index (χ0v) is 21.2. The topological polar surface area (TPSA) is 58.6 Å². The number of rotatable bonds is 7. The van der Waals surface area contributed by atoms with Crippen molar-refractivity contribution in [2.45, 2.75) is 32.2 Å². The van der Waals surface area contributed by atoms with Crippen LogP contribution in [0.25, 0.3) is 6.08 Å². The minimum Gasteiger partial charge on any atom is -0.465 e. The van der Waals surface area contributed by atoms with E-state index in [2.05, 4.69) is 11.5 Å². The molecule has 0 radical (unpaired) electrons. The lowest BCUT2D eigenvalue weighted by molar-refractivity contribution is -0.139. The minimum absolute atomic E-state index is 0.0884. The van der Waals surface area contributed by atoms with Crippen molar-refractivity contribution in [2.24, 2.45) is 0 Å². The Labute approximate surface area is 214 Å². The van der Waals surface area contributed by atoms with Gasteiger partial charge in [0, 0.05) is 10.0 Å². The molecular weight excluding hydrogens is 491 g/mol. The summed E-state index contributed by atoms with van der Waals surface area (Å²) in [6, 6.07) is 15.1. The summed E-state index contributed by atoms with van der Waals surface area (Å²) in [5.74, 6) is -0.0790. The summed E-state index contributed by atoms with van der Waals surface area (Å²) >= 11 is 13.4. The molecule has 1 aliphatic carbocycles. The molecule has 2 aromatic rings. The number of nitrogens with zero attached hydrogens (tertiary/aromatic N) is 1. The van der Waals surface area contributed by atoms with Gasteiger partial charge in [-0.2, -0.15) is 0 Å². The molecule has 1 N–H and O–H groups in total. The van der Waals surface area contributed by atoms with Crippen LogP contribution in [0.5, 0.6) is 0 Å². The first-order chi connectivity index (χ1) is 16.5. The summed E-state index contributed by atoms with van der Waals surface area (Å²) in [7, 11) is 0. The lowest BCUT2D eigenvalue weighted by Gasteiger charge is -2.27. The van der Waals surface area contributed by atoms with Crippen molar-refractivity contribution in [3.8, 4) is 0 Å². The third kappa shape index (κ3) is 5.80. The monoisotopic (exact) mass is 516 g/mol. The van der Waals surface area contributed by atoms with Crippen molar-refractivity contribution in [2.75, 3.05) is 18.1 Å². The van der Waals surface area contributed by atoms with Crippen LogP contribution < -0.4 is 5.43 Å². The maximum absolute atomic E-state index is 13.3. The first kappa shape index (κ1) is 24.7. The fourth-order valence-electron chi connectivity index (χ4n) is 4.28. The van der Waals surface area contributed by atoms with Crippen LogP contribution in [-0.4, -0.2) is 35.0 Å². The van der Waals surface area contributed by atoms with Gasteiger partial charge in [-0.1, -0.05) is 47.5 Å². The standard InChI is InChI=1S/C26H26Cl2N2O3S/c1-2-33-24(32)16-34-15-23(31)30-26(18-8-12-21(28)13-9-18)22-5-3-4-19(25(22)29-30)14-17-6-10-20(27)11-7-17/h6-14,26,29H,2-5,15-16H2,1H3/b19-14+/t26-/m1/s1. The number of hydrogen-bond donors (Lipinski definition) is 1. The number of hydrogen-bond acceptors (Lipinski definition) is 5. The summed E-state index contributed by atoms with van der Waals surface area (Å²) in [6.07, 6.45) is 4.97. The number of halogens is 2. The SMILES string of the molecule is CCOC(=O)CSCC(=O)N1NC2=C(CCC/C2=C\c2ccc(Cl)cc2)[C@H]1c1ccc(Cl)cc1. The van der Waals surface area contributed by atoms with E-state index in [0.717, 1.165) is 41.7 Å². The molecule has 34 heavy (non-hydrogen) atoms. The van der Waals surface area contributed by atoms with Gasteiger partial charge in [0.1, 0.15) is 6.04 Å². The number of nitrogens with one attached hydrogen (secondary N) is 1. The van der Waals surface area contributed by atoms with Crippen LogP contribution in [0.1, 0.15) is 43.4 Å². The minimum atomic E-state index is -0.311. The Bertz CT molecular complexity index is 1110. The third-order valence-corrected chi connectivity index (χ3v) is 7.17. The average Bonchev–Trinajstić information content (AvgIpc) is 3.22. The number of allylic oxidation sites excluding steroid dienone is 1. The van der Waals surface area contributed by atoms with Crippen LogP contribution in [0, 0.1) is 0 Å². The first-order valence-electron chi connectivity index (χ1n) is 11.2. The number of thioether (sulfide) groups is 1. The molecule has 178 valence electrons. The fourth-order valence-corrected chi connectivity index (χ4v) is 5.20. The van der Waals surface area contributed by atoms with Gasteiger partial charge in [-0.15, -0.1) is 11.8 Å². The lowest BCUT2D eigenvalue weighted by Crippen LogP contribution is -2.41. The number of amides is 1. The molecule has 0 fully saturated rings. The van der Waals surface area contributed by atoms with Gasteiger partial charge in [-0.3, -0.25) is 15.0 Å². The van der Waals surface area contributed by atoms with Crippen LogP contribution in [0.4, 0.5) is 0 Å². The van der Waals surface area contributed by atoms with E-state index in [9.17, 15) is 9.59 Å². The van der Waals surface area contributed by atoms with Crippen LogP contribution in [-0.2, 0) is 14.3 Å². The summed E-state index contributed by atoms with van der Waals surface area (Å²) in [5, 5.41) is 3.05. The zero-order chi connectivity index (χ0) is 24.1. The van der Waals surface area contributed by atoms with Gasteiger partial charge in [-0.05, 0) is 78.8 Å². The highest BCUT2D eigenvalue weighted by molar-refractivity contribution is 8.00. The van der Waals surface area contributed by atoms with E-state index in [1.165, 1.54) is 17.3 Å². The number of esters is 1. The van der Waals surface area contributed by atoms with Gasteiger partial charge in [0.25, 0.3) is 5.91 Å². The van der Waals surface area contributed by atoms with Crippen molar-refractivity contribution >= 4 is 52.9 Å². The summed E-state index contributed by atoms with van der Waals surface area (Å²) in [5.41, 5.74) is 8.83. The maximum Gasteiger partial charge on any atom is 0.315 e. The molecule has 2 aromatic carbocycles. The van der Waals surface area contributed by atoms with Crippen molar-refractivity contribution in [1.82, 2.24) is 10.4 Å². The van der Waals surface area contributed by atoms with E-state index in [1.807, 2.05) is 48.5 Å². The number of carbonyl (C=O) groups excluding carboxylic acids is 2. The van der Waals surface area contributed by atoms with E-state index in [0.29, 0.717) is 16.7 Å². The Morgan fingerprint density at radius 2 is 1.74 bits per heavy atom. The van der Waals surface area contributed by atoms with E-state index in [1.54, 1.807) is 11.9 Å². The van der Waals surface area contributed by atoms with Crippen molar-refractivity contribution < 1.29 is 14.3 Å². The Kier molecular flexibility index (Phi) is 8.24. The van der Waals surface area contributed by atoms with Crippen molar-refractivity contribution in [3.05, 3.63) is 86.5 Å². The maximum atomic E-state index is 13.3. The second kappa shape index (κ2) is 11.3. The Balaban J connectivity index is 1.61. The highest BCUT2D eigenvalue weighted by Gasteiger charge is 2.39. The van der Waals surface area contributed by atoms with Crippen LogP contribution in [0.2, 0.25) is 10.0 Å². The molecule has 0 unspecified atom stereocenters. The summed E-state index contributed by atoms with van der Waals surface area (Å²) in [6.45, 7) is 2.10. The van der Waals surface area contributed by atoms with E-state index >= 15 is 0 Å². The normalized spacial score (nSPS) is 18.6. The second-order valence-electron chi connectivity index (χ2n) is 8.10. The van der Waals surface area contributed by atoms with E-state index < -0.39 is 0 Å². The quantitative estimate of drug-likeness (QED) is 0.444. The Hall–Kier alpha value is -2.41. The van der Waals surface area contributed by atoms with Crippen LogP contribution in [0.15, 0.2) is 65.4 Å². The molecule has 1 heterocycles. The van der Waals surface area contributed by atoms with Crippen molar-refractivity contribution in [1.29, 1.82) is 0 Å². The molecule has 8 heteroatoms. The first-order valence-corrected chi connectivity index (χ1v) is 13.1. The molecule has 0 saturated carbocycles. The molecule has 0 saturated heterocycles. The number of hydrazine groups is 1. The van der Waals surface area contributed by atoms with Gasteiger partial charge in [-0.25, -0.2) is 5.01 Å². The summed E-state index contributed by atoms with van der Waals surface area (Å²) < 4.78 is 4.97. The molecule has 4 rings (SSSR count). The van der Waals surface area contributed by atoms with Crippen LogP contribution >= 0.6 is 35.0 Å². The molecule has 0 bridgehead atoms. The predicted octanol–water partition coefficient (Wildman–Crippen LogP) is 6.20. The lowest BCUT2D eigenvalue weighted by atomic mass is 9.86. The van der Waals surface area contributed by atoms with Gasteiger partial charge in [0.05, 0.1) is 23.8 Å². The van der Waals surface area contributed by atoms with Crippen molar-refractivity contribution in [3.63, 3.8) is 0 Å². The zero-order valence-electron chi connectivity index (χ0n) is 18.9. The van der Waals surface area contributed by atoms with Gasteiger partial charge in [0.15, 0.2) is 0 Å². The number of benzene rings is 2. The largest absolute Gasteiger partial charge is 0.465 e. The predicted molar refractivity (Wildman–Crippen MR) is 138 cm³/mol. The van der Waals surface area contributed by atoms with Crippen LogP contribution in [0.3, 0.4) is 0 Å². The van der Waals surface area contributed by atoms with E-state index in [4.69, 9.17) is 27.9 Å². The fraction of sp³-hybridized carbons (Fsp3) is 0.308. The van der Waals surface area contributed by atoms with E-state index in [-0.39, 0.29) is 29.4 Å². The number of ether oxygens (including phenoxy) is 1. The van der Waals surface area contributed by atoms with Gasteiger partial charge < -0.3 is 4.74 Å². The molecular formula is C26H26Cl2N2O3S. The highest BCUT2D eigenvalue weighted by Crippen LogP contribution is 2.44. The Morgan fingerprint density at radius 3 is 2.41 bits per heavy atom.